The Hall–Kier alpha value is -1.24. The molecule has 0 bridgehead atoms. The fraction of sp³-hybridized carbons (Fsp3) is 0.562. The molecule has 122 valence electrons. The van der Waals surface area contributed by atoms with Gasteiger partial charge in [-0.1, -0.05) is 30.3 Å². The number of ketones is 1. The maximum Gasteiger partial charge on any atom is 0.282 e. The van der Waals surface area contributed by atoms with Crippen LogP contribution in [0.15, 0.2) is 30.3 Å². The summed E-state index contributed by atoms with van der Waals surface area (Å²) >= 11 is 0. The van der Waals surface area contributed by atoms with Gasteiger partial charge in [-0.3, -0.25) is 4.79 Å². The summed E-state index contributed by atoms with van der Waals surface area (Å²) in [5.41, 5.74) is 0.643. The molecule has 1 atom stereocenters. The van der Waals surface area contributed by atoms with Crippen LogP contribution in [0.25, 0.3) is 0 Å². The van der Waals surface area contributed by atoms with E-state index < -0.39 is 10.2 Å². The second-order valence-electron chi connectivity index (χ2n) is 6.02. The van der Waals surface area contributed by atoms with Crippen LogP contribution in [-0.4, -0.2) is 48.5 Å². The fourth-order valence-electron chi connectivity index (χ4n) is 2.70. The highest BCUT2D eigenvalue weighted by Gasteiger charge is 2.38. The van der Waals surface area contributed by atoms with Crippen LogP contribution in [0.3, 0.4) is 0 Å². The Bertz CT molecular complexity index is 614. The van der Waals surface area contributed by atoms with Gasteiger partial charge in [-0.25, -0.2) is 0 Å². The van der Waals surface area contributed by atoms with Crippen molar-refractivity contribution in [3.05, 3.63) is 35.9 Å². The van der Waals surface area contributed by atoms with Crippen molar-refractivity contribution in [3.63, 3.8) is 0 Å². The molecule has 0 aliphatic carbocycles. The molecule has 1 fully saturated rings. The topological polar surface area (TPSA) is 57.7 Å². The highest BCUT2D eigenvalue weighted by Crippen LogP contribution is 2.26. The molecular weight excluding hydrogens is 300 g/mol. The van der Waals surface area contributed by atoms with Crippen LogP contribution in [0.2, 0.25) is 0 Å². The Kier molecular flexibility index (Phi) is 5.36. The van der Waals surface area contributed by atoms with Crippen LogP contribution in [0.4, 0.5) is 0 Å². The quantitative estimate of drug-likeness (QED) is 0.755. The number of carbonyl (C=O) groups excluding carboxylic acids is 1. The highest BCUT2D eigenvalue weighted by molar-refractivity contribution is 7.86. The van der Waals surface area contributed by atoms with Crippen LogP contribution < -0.4 is 0 Å². The lowest BCUT2D eigenvalue weighted by molar-refractivity contribution is 0.0960. The highest BCUT2D eigenvalue weighted by atomic mass is 32.2. The first-order valence-corrected chi connectivity index (χ1v) is 9.06. The van der Waals surface area contributed by atoms with Crippen molar-refractivity contribution in [3.8, 4) is 0 Å². The molecule has 5 nitrogen and oxygen atoms in total. The van der Waals surface area contributed by atoms with E-state index in [2.05, 4.69) is 0 Å². The summed E-state index contributed by atoms with van der Waals surface area (Å²) < 4.78 is 28.2. The largest absolute Gasteiger partial charge is 0.294 e. The molecule has 2 rings (SSSR count). The minimum Gasteiger partial charge on any atom is -0.294 e. The van der Waals surface area contributed by atoms with E-state index in [9.17, 15) is 13.2 Å². The molecule has 0 amide bonds. The lowest BCUT2D eigenvalue weighted by Gasteiger charge is -2.30. The lowest BCUT2D eigenvalue weighted by atomic mass is 10.0. The predicted molar refractivity (Wildman–Crippen MR) is 86.9 cm³/mol. The van der Waals surface area contributed by atoms with Crippen LogP contribution in [0, 0.1) is 0 Å². The van der Waals surface area contributed by atoms with E-state index in [0.717, 1.165) is 12.8 Å². The summed E-state index contributed by atoms with van der Waals surface area (Å²) in [6, 6.07) is 8.72. The van der Waals surface area contributed by atoms with E-state index in [1.54, 1.807) is 19.2 Å². The van der Waals surface area contributed by atoms with Crippen molar-refractivity contribution < 1.29 is 13.2 Å². The predicted octanol–water partition coefficient (Wildman–Crippen LogP) is 2.31. The summed E-state index contributed by atoms with van der Waals surface area (Å²) in [6.07, 6.45) is 1.79. The van der Waals surface area contributed by atoms with Gasteiger partial charge in [0.1, 0.15) is 0 Å². The molecular formula is C16H24N2O3S. The summed E-state index contributed by atoms with van der Waals surface area (Å²) in [4.78, 5) is 12.3. The van der Waals surface area contributed by atoms with Gasteiger partial charge in [-0.2, -0.15) is 17.0 Å². The average molecular weight is 324 g/mol. The summed E-state index contributed by atoms with van der Waals surface area (Å²) in [7, 11) is -1.91. The SMILES string of the molecule is CC(C)N(C)S(=O)(=O)N1CCC[C@H]1CC(=O)c1ccccc1. The Morgan fingerprint density at radius 3 is 2.55 bits per heavy atom. The first kappa shape index (κ1) is 17.1. The van der Waals surface area contributed by atoms with Gasteiger partial charge in [-0.15, -0.1) is 0 Å². The van der Waals surface area contributed by atoms with Crippen molar-refractivity contribution >= 4 is 16.0 Å². The number of hydrogen-bond acceptors (Lipinski definition) is 3. The minimum absolute atomic E-state index is 0.0000926. The zero-order chi connectivity index (χ0) is 16.3. The van der Waals surface area contributed by atoms with Gasteiger partial charge in [-0.05, 0) is 26.7 Å². The van der Waals surface area contributed by atoms with E-state index in [0.29, 0.717) is 12.1 Å². The summed E-state index contributed by atoms with van der Waals surface area (Å²) in [6.45, 7) is 4.18. The van der Waals surface area contributed by atoms with Crippen molar-refractivity contribution in [1.82, 2.24) is 8.61 Å². The van der Waals surface area contributed by atoms with Crippen molar-refractivity contribution in [2.24, 2.45) is 0 Å². The second-order valence-corrected chi connectivity index (χ2v) is 7.96. The molecule has 0 N–H and O–H groups in total. The molecule has 0 radical (unpaired) electrons. The van der Waals surface area contributed by atoms with Gasteiger partial charge >= 0.3 is 0 Å². The lowest BCUT2D eigenvalue weighted by Crippen LogP contribution is -2.47. The van der Waals surface area contributed by atoms with Gasteiger partial charge in [0.05, 0.1) is 0 Å². The van der Waals surface area contributed by atoms with E-state index in [1.807, 2.05) is 32.0 Å². The number of carbonyl (C=O) groups is 1. The first-order chi connectivity index (χ1) is 10.3. The third kappa shape index (κ3) is 3.56. The van der Waals surface area contributed by atoms with Gasteiger partial charge < -0.3 is 0 Å². The number of rotatable bonds is 6. The van der Waals surface area contributed by atoms with Gasteiger partial charge in [0.15, 0.2) is 5.78 Å². The van der Waals surface area contributed by atoms with Gasteiger partial charge in [0, 0.05) is 37.7 Å². The van der Waals surface area contributed by atoms with Crippen molar-refractivity contribution in [2.45, 2.75) is 45.2 Å². The normalized spacial score (nSPS) is 20.0. The Morgan fingerprint density at radius 2 is 1.95 bits per heavy atom. The smallest absolute Gasteiger partial charge is 0.282 e. The maximum absolute atomic E-state index is 12.6. The Morgan fingerprint density at radius 1 is 1.32 bits per heavy atom. The number of nitrogens with zero attached hydrogens (tertiary/aromatic N) is 2. The van der Waals surface area contributed by atoms with Gasteiger partial charge in [0.2, 0.25) is 0 Å². The minimum atomic E-state index is -3.50. The molecule has 1 aliphatic heterocycles. The third-order valence-corrected chi connectivity index (χ3v) is 6.45. The van der Waals surface area contributed by atoms with Crippen LogP contribution in [0.5, 0.6) is 0 Å². The standard InChI is InChI=1S/C16H24N2O3S/c1-13(2)17(3)22(20,21)18-11-7-10-15(18)12-16(19)14-8-5-4-6-9-14/h4-6,8-9,13,15H,7,10-12H2,1-3H3/t15-/m0/s1. The second kappa shape index (κ2) is 6.89. The Labute approximate surface area is 133 Å². The number of benzene rings is 1. The average Bonchev–Trinajstić information content (AvgIpc) is 2.96. The molecule has 1 aromatic carbocycles. The van der Waals surface area contributed by atoms with E-state index in [1.165, 1.54) is 8.61 Å². The summed E-state index contributed by atoms with van der Waals surface area (Å²) in [5.74, 6) is -0.0000926. The molecule has 1 heterocycles. The summed E-state index contributed by atoms with van der Waals surface area (Å²) in [5, 5.41) is 0. The molecule has 0 aromatic heterocycles. The third-order valence-electron chi connectivity index (χ3n) is 4.23. The van der Waals surface area contributed by atoms with E-state index in [-0.39, 0.29) is 24.3 Å². The van der Waals surface area contributed by atoms with E-state index in [4.69, 9.17) is 0 Å². The maximum atomic E-state index is 12.6. The van der Waals surface area contributed by atoms with Crippen LogP contribution in [0.1, 0.15) is 43.5 Å². The zero-order valence-corrected chi connectivity index (χ0v) is 14.2. The van der Waals surface area contributed by atoms with Crippen LogP contribution in [-0.2, 0) is 10.2 Å². The molecule has 6 heteroatoms. The molecule has 0 saturated carbocycles. The van der Waals surface area contributed by atoms with Crippen molar-refractivity contribution in [1.29, 1.82) is 0 Å². The number of hydrogen-bond donors (Lipinski definition) is 0. The van der Waals surface area contributed by atoms with Crippen LogP contribution >= 0.6 is 0 Å². The monoisotopic (exact) mass is 324 g/mol. The van der Waals surface area contributed by atoms with Gasteiger partial charge in [0.25, 0.3) is 10.2 Å². The fourth-order valence-corrected chi connectivity index (χ4v) is 4.48. The molecule has 0 unspecified atom stereocenters. The molecule has 1 saturated heterocycles. The molecule has 1 aromatic rings. The number of Topliss-reactive ketones (excluding diaryl/α,β-unsaturated/α-hetero) is 1. The molecule has 22 heavy (non-hydrogen) atoms. The molecule has 1 aliphatic rings. The zero-order valence-electron chi connectivity index (χ0n) is 13.4. The Balaban J connectivity index is 2.13. The van der Waals surface area contributed by atoms with E-state index >= 15 is 0 Å². The molecule has 0 spiro atoms. The first-order valence-electron chi connectivity index (χ1n) is 7.67. The van der Waals surface area contributed by atoms with Crippen molar-refractivity contribution in [2.75, 3.05) is 13.6 Å².